The average Bonchev–Trinajstić information content (AvgIpc) is 3.02. The van der Waals surface area contributed by atoms with Gasteiger partial charge >= 0.3 is 0 Å². The molecule has 0 bridgehead atoms. The van der Waals surface area contributed by atoms with Gasteiger partial charge in [0.05, 0.1) is 16.3 Å². The van der Waals surface area contributed by atoms with E-state index in [1.165, 1.54) is 0 Å². The third-order valence-electron chi connectivity index (χ3n) is 5.70. The molecule has 0 unspecified atom stereocenters. The van der Waals surface area contributed by atoms with Gasteiger partial charge in [-0.2, -0.15) is 5.10 Å². The molecule has 0 saturated carbocycles. The van der Waals surface area contributed by atoms with E-state index >= 15 is 0 Å². The molecule has 1 aromatic carbocycles. The van der Waals surface area contributed by atoms with Gasteiger partial charge < -0.3 is 15.1 Å². The number of rotatable bonds is 5. The first-order valence-corrected chi connectivity index (χ1v) is 11.6. The minimum atomic E-state index is -3.49. The number of hydrogen-bond donors (Lipinski definition) is 1. The van der Waals surface area contributed by atoms with Crippen LogP contribution in [0.15, 0.2) is 29.2 Å². The highest BCUT2D eigenvalue weighted by atomic mass is 32.2. The second-order valence-corrected chi connectivity index (χ2v) is 9.77. The van der Waals surface area contributed by atoms with E-state index < -0.39 is 9.84 Å². The van der Waals surface area contributed by atoms with Gasteiger partial charge in [0.25, 0.3) is 5.91 Å². The Morgan fingerprint density at radius 1 is 1.14 bits per heavy atom. The van der Waals surface area contributed by atoms with Gasteiger partial charge in [-0.1, -0.05) is 18.2 Å². The topological polar surface area (TPSA) is 87.5 Å². The Balaban J connectivity index is 1.45. The SMILES string of the molecule is CN1CCN(CCCNC(=O)c2nn(C)c3c2CS(=O)(=O)c2ccccc2-3)CC1. The number of aromatic nitrogens is 2. The van der Waals surface area contributed by atoms with E-state index in [0.29, 0.717) is 28.3 Å². The quantitative estimate of drug-likeness (QED) is 0.722. The molecule has 156 valence electrons. The van der Waals surface area contributed by atoms with Crippen LogP contribution in [0.5, 0.6) is 0 Å². The molecule has 0 atom stereocenters. The number of nitrogens with one attached hydrogen (secondary N) is 1. The normalized spacial score (nSPS) is 18.8. The number of piperazine rings is 1. The van der Waals surface area contributed by atoms with Gasteiger partial charge in [0.1, 0.15) is 0 Å². The zero-order chi connectivity index (χ0) is 20.6. The van der Waals surface area contributed by atoms with Crippen LogP contribution in [0.25, 0.3) is 11.3 Å². The average molecular weight is 418 g/mol. The molecule has 0 radical (unpaired) electrons. The highest BCUT2D eigenvalue weighted by Gasteiger charge is 2.34. The Kier molecular flexibility index (Phi) is 5.46. The summed E-state index contributed by atoms with van der Waals surface area (Å²) in [5.74, 6) is -0.508. The second-order valence-electron chi connectivity index (χ2n) is 7.81. The molecule has 29 heavy (non-hydrogen) atoms. The molecule has 1 N–H and O–H groups in total. The minimum Gasteiger partial charge on any atom is -0.351 e. The lowest BCUT2D eigenvalue weighted by Gasteiger charge is -2.32. The van der Waals surface area contributed by atoms with Crippen molar-refractivity contribution in [2.75, 3.05) is 46.3 Å². The van der Waals surface area contributed by atoms with Crippen molar-refractivity contribution in [3.63, 3.8) is 0 Å². The molecule has 0 spiro atoms. The monoisotopic (exact) mass is 417 g/mol. The molecule has 1 amide bonds. The van der Waals surface area contributed by atoms with Crippen LogP contribution in [-0.4, -0.2) is 80.2 Å². The fourth-order valence-electron chi connectivity index (χ4n) is 4.08. The number of amides is 1. The number of nitrogens with zero attached hydrogens (tertiary/aromatic N) is 4. The Morgan fingerprint density at radius 2 is 1.86 bits per heavy atom. The van der Waals surface area contributed by atoms with E-state index in [1.807, 2.05) is 0 Å². The van der Waals surface area contributed by atoms with Crippen LogP contribution < -0.4 is 5.32 Å². The molecule has 2 aliphatic heterocycles. The van der Waals surface area contributed by atoms with E-state index in [4.69, 9.17) is 0 Å². The van der Waals surface area contributed by atoms with E-state index in [0.717, 1.165) is 39.1 Å². The summed E-state index contributed by atoms with van der Waals surface area (Å²) in [6.45, 7) is 5.73. The molecule has 1 aromatic heterocycles. The second kappa shape index (κ2) is 7.89. The van der Waals surface area contributed by atoms with Crippen molar-refractivity contribution in [3.05, 3.63) is 35.5 Å². The molecule has 1 fully saturated rings. The summed E-state index contributed by atoms with van der Waals surface area (Å²) in [7, 11) is 0.390. The number of hydrogen-bond acceptors (Lipinski definition) is 6. The number of carbonyl (C=O) groups excluding carboxylic acids is 1. The van der Waals surface area contributed by atoms with Crippen LogP contribution in [0.3, 0.4) is 0 Å². The van der Waals surface area contributed by atoms with Crippen molar-refractivity contribution in [2.24, 2.45) is 7.05 Å². The highest BCUT2D eigenvalue weighted by Crippen LogP contribution is 2.38. The van der Waals surface area contributed by atoms with E-state index in [2.05, 4.69) is 27.3 Å². The van der Waals surface area contributed by atoms with Gasteiger partial charge in [0.2, 0.25) is 0 Å². The summed E-state index contributed by atoms with van der Waals surface area (Å²) in [5, 5.41) is 7.27. The summed E-state index contributed by atoms with van der Waals surface area (Å²) < 4.78 is 27.0. The van der Waals surface area contributed by atoms with Crippen LogP contribution in [-0.2, 0) is 22.6 Å². The first-order valence-electron chi connectivity index (χ1n) is 9.94. The molecular weight excluding hydrogens is 390 g/mol. The summed E-state index contributed by atoms with van der Waals surface area (Å²) in [6, 6.07) is 6.89. The first-order chi connectivity index (χ1) is 13.9. The number of fused-ring (bicyclic) bond motifs is 3. The van der Waals surface area contributed by atoms with Gasteiger partial charge in [0, 0.05) is 50.9 Å². The van der Waals surface area contributed by atoms with E-state index in [-0.39, 0.29) is 17.4 Å². The third-order valence-corrected chi connectivity index (χ3v) is 7.40. The fourth-order valence-corrected chi connectivity index (χ4v) is 5.68. The number of aryl methyl sites for hydroxylation is 1. The van der Waals surface area contributed by atoms with Gasteiger partial charge in [-0.3, -0.25) is 9.48 Å². The lowest BCUT2D eigenvalue weighted by Crippen LogP contribution is -2.45. The number of benzene rings is 1. The molecular formula is C20H27N5O3S. The number of likely N-dealkylation sites (N-methyl/N-ethyl adjacent to an activating group) is 1. The maximum Gasteiger partial charge on any atom is 0.272 e. The minimum absolute atomic E-state index is 0.197. The Hall–Kier alpha value is -2.23. The van der Waals surface area contributed by atoms with Crippen molar-refractivity contribution in [2.45, 2.75) is 17.1 Å². The number of carbonyl (C=O) groups is 1. The predicted octanol–water partition coefficient (Wildman–Crippen LogP) is 0.742. The zero-order valence-corrected chi connectivity index (χ0v) is 17.7. The van der Waals surface area contributed by atoms with Crippen molar-refractivity contribution in [1.82, 2.24) is 24.9 Å². The molecule has 0 aliphatic carbocycles. The summed E-state index contributed by atoms with van der Waals surface area (Å²) in [6.07, 6.45) is 0.853. The Bertz CT molecular complexity index is 1020. The molecule has 2 aliphatic rings. The smallest absolute Gasteiger partial charge is 0.272 e. The Labute approximate surface area is 171 Å². The van der Waals surface area contributed by atoms with Crippen LogP contribution in [0.1, 0.15) is 22.5 Å². The van der Waals surface area contributed by atoms with E-state index in [9.17, 15) is 13.2 Å². The molecule has 4 rings (SSSR count). The maximum absolute atomic E-state index is 12.7. The number of sulfone groups is 1. The molecule has 1 saturated heterocycles. The van der Waals surface area contributed by atoms with Gasteiger partial charge in [-0.25, -0.2) is 8.42 Å². The van der Waals surface area contributed by atoms with Crippen LogP contribution in [0.2, 0.25) is 0 Å². The fraction of sp³-hybridized carbons (Fsp3) is 0.500. The first kappa shape index (κ1) is 20.1. The van der Waals surface area contributed by atoms with Crippen molar-refractivity contribution < 1.29 is 13.2 Å². The molecule has 3 heterocycles. The Morgan fingerprint density at radius 3 is 2.62 bits per heavy atom. The summed E-state index contributed by atoms with van der Waals surface area (Å²) in [5.41, 5.74) is 2.01. The third kappa shape index (κ3) is 3.94. The zero-order valence-electron chi connectivity index (χ0n) is 16.9. The van der Waals surface area contributed by atoms with Crippen molar-refractivity contribution in [1.29, 1.82) is 0 Å². The van der Waals surface area contributed by atoms with Crippen LogP contribution in [0.4, 0.5) is 0 Å². The molecule has 9 heteroatoms. The van der Waals surface area contributed by atoms with Crippen molar-refractivity contribution >= 4 is 15.7 Å². The summed E-state index contributed by atoms with van der Waals surface area (Å²) >= 11 is 0. The lowest BCUT2D eigenvalue weighted by atomic mass is 10.1. The van der Waals surface area contributed by atoms with Crippen LogP contribution in [0, 0.1) is 0 Å². The summed E-state index contributed by atoms with van der Waals surface area (Å²) in [4.78, 5) is 17.8. The van der Waals surface area contributed by atoms with Crippen molar-refractivity contribution in [3.8, 4) is 11.3 Å². The maximum atomic E-state index is 12.7. The van der Waals surface area contributed by atoms with Gasteiger partial charge in [-0.05, 0) is 26.1 Å². The lowest BCUT2D eigenvalue weighted by molar-refractivity contribution is 0.0943. The standard InChI is InChI=1S/C20H27N5O3S/c1-23-10-12-25(13-11-23)9-5-8-21-20(26)18-16-14-29(27,28)17-7-4-3-6-15(17)19(16)24(2)22-18/h3-4,6-7H,5,8-14H2,1-2H3,(H,21,26). The van der Waals surface area contributed by atoms with E-state index in [1.54, 1.807) is 36.0 Å². The molecule has 8 nitrogen and oxygen atoms in total. The predicted molar refractivity (Wildman–Crippen MR) is 110 cm³/mol. The molecule has 2 aromatic rings. The van der Waals surface area contributed by atoms with Gasteiger partial charge in [-0.15, -0.1) is 0 Å². The highest BCUT2D eigenvalue weighted by molar-refractivity contribution is 7.90. The largest absolute Gasteiger partial charge is 0.351 e. The van der Waals surface area contributed by atoms with Gasteiger partial charge in [0.15, 0.2) is 15.5 Å². The van der Waals surface area contributed by atoms with Crippen LogP contribution >= 0.6 is 0 Å².